The molecule has 26 heavy (non-hydrogen) atoms. The van der Waals surface area contributed by atoms with Crippen molar-refractivity contribution in [1.82, 2.24) is 14.8 Å². The monoisotopic (exact) mass is 370 g/mol. The molecular formula is C18H18N4O3S. The summed E-state index contributed by atoms with van der Waals surface area (Å²) in [6.07, 6.45) is 0. The lowest BCUT2D eigenvalue weighted by Crippen LogP contribution is -2.19. The van der Waals surface area contributed by atoms with E-state index < -0.39 is 0 Å². The normalized spacial score (nSPS) is 10.4. The van der Waals surface area contributed by atoms with Crippen molar-refractivity contribution in [2.45, 2.75) is 6.54 Å². The molecule has 0 unspecified atom stereocenters. The maximum absolute atomic E-state index is 12.4. The number of hydrogen-bond acceptors (Lipinski definition) is 5. The quantitative estimate of drug-likeness (QED) is 0.651. The Morgan fingerprint density at radius 3 is 2.23 bits per heavy atom. The van der Waals surface area contributed by atoms with Crippen LogP contribution in [0.15, 0.2) is 48.5 Å². The molecule has 0 atom stereocenters. The van der Waals surface area contributed by atoms with Gasteiger partial charge in [-0.15, -0.1) is 0 Å². The zero-order valence-corrected chi connectivity index (χ0v) is 15.2. The molecule has 0 fully saturated rings. The van der Waals surface area contributed by atoms with Crippen LogP contribution in [0.1, 0.15) is 0 Å². The average molecular weight is 370 g/mol. The third-order valence-electron chi connectivity index (χ3n) is 3.78. The molecule has 0 aliphatic heterocycles. The summed E-state index contributed by atoms with van der Waals surface area (Å²) in [6, 6.07) is 14.5. The van der Waals surface area contributed by atoms with E-state index >= 15 is 0 Å². The molecule has 7 nitrogen and oxygen atoms in total. The standard InChI is InChI=1S/C18H18N4O3S/c1-24-14-7-3-12(4-8-14)17-20-21-18(26)22(17)11-16(23)19-13-5-9-15(25-2)10-6-13/h3-10H,11H2,1-2H3,(H,19,23)(H,21,26). The maximum atomic E-state index is 12.4. The number of carbonyl (C=O) groups excluding carboxylic acids is 1. The van der Waals surface area contributed by atoms with Crippen LogP contribution in [0.2, 0.25) is 0 Å². The lowest BCUT2D eigenvalue weighted by atomic mass is 10.2. The van der Waals surface area contributed by atoms with Crippen LogP contribution in [-0.2, 0) is 11.3 Å². The van der Waals surface area contributed by atoms with Crippen LogP contribution in [0, 0.1) is 4.77 Å². The second kappa shape index (κ2) is 7.83. The molecule has 1 heterocycles. The zero-order valence-electron chi connectivity index (χ0n) is 14.4. The van der Waals surface area contributed by atoms with Gasteiger partial charge in [-0.25, -0.2) is 0 Å². The number of aromatic nitrogens is 3. The largest absolute Gasteiger partial charge is 0.497 e. The molecule has 0 saturated heterocycles. The number of hydrogen-bond donors (Lipinski definition) is 2. The molecule has 1 amide bonds. The maximum Gasteiger partial charge on any atom is 0.244 e. The van der Waals surface area contributed by atoms with Gasteiger partial charge in [-0.3, -0.25) is 14.5 Å². The number of H-pyrrole nitrogens is 1. The molecular weight excluding hydrogens is 352 g/mol. The van der Waals surface area contributed by atoms with E-state index in [1.165, 1.54) is 0 Å². The number of rotatable bonds is 6. The Morgan fingerprint density at radius 1 is 1.08 bits per heavy atom. The van der Waals surface area contributed by atoms with Crippen molar-refractivity contribution < 1.29 is 14.3 Å². The van der Waals surface area contributed by atoms with Crippen molar-refractivity contribution in [3.8, 4) is 22.9 Å². The fourth-order valence-electron chi connectivity index (χ4n) is 2.44. The second-order valence-electron chi connectivity index (χ2n) is 5.44. The van der Waals surface area contributed by atoms with Gasteiger partial charge in [0.05, 0.1) is 14.2 Å². The van der Waals surface area contributed by atoms with Gasteiger partial charge in [0.15, 0.2) is 10.6 Å². The first kappa shape index (κ1) is 17.7. The van der Waals surface area contributed by atoms with E-state index in [2.05, 4.69) is 15.5 Å². The first-order valence-electron chi connectivity index (χ1n) is 7.84. The second-order valence-corrected chi connectivity index (χ2v) is 5.83. The fourth-order valence-corrected chi connectivity index (χ4v) is 2.64. The van der Waals surface area contributed by atoms with Crippen molar-refractivity contribution in [1.29, 1.82) is 0 Å². The summed E-state index contributed by atoms with van der Waals surface area (Å²) in [5, 5.41) is 9.80. The molecule has 0 saturated carbocycles. The Bertz CT molecular complexity index is 946. The van der Waals surface area contributed by atoms with E-state index in [1.807, 2.05) is 24.3 Å². The summed E-state index contributed by atoms with van der Waals surface area (Å²) in [5.41, 5.74) is 1.51. The number of methoxy groups -OCH3 is 2. The minimum atomic E-state index is -0.206. The Morgan fingerprint density at radius 2 is 1.65 bits per heavy atom. The molecule has 8 heteroatoms. The van der Waals surface area contributed by atoms with Gasteiger partial charge >= 0.3 is 0 Å². The predicted octanol–water partition coefficient (Wildman–Crippen LogP) is 3.26. The minimum Gasteiger partial charge on any atom is -0.497 e. The van der Waals surface area contributed by atoms with Gasteiger partial charge in [-0.05, 0) is 60.7 Å². The summed E-state index contributed by atoms with van der Waals surface area (Å²) >= 11 is 5.26. The summed E-state index contributed by atoms with van der Waals surface area (Å²) in [6.45, 7) is 0.0444. The van der Waals surface area contributed by atoms with E-state index in [0.29, 0.717) is 16.3 Å². The van der Waals surface area contributed by atoms with Crippen molar-refractivity contribution >= 4 is 23.8 Å². The van der Waals surface area contributed by atoms with Crippen LogP contribution in [0.5, 0.6) is 11.5 Å². The van der Waals surface area contributed by atoms with Crippen molar-refractivity contribution in [2.24, 2.45) is 0 Å². The first-order chi connectivity index (χ1) is 12.6. The van der Waals surface area contributed by atoms with Crippen LogP contribution >= 0.6 is 12.2 Å². The number of nitrogens with zero attached hydrogens (tertiary/aromatic N) is 2. The summed E-state index contributed by atoms with van der Waals surface area (Å²) < 4.78 is 12.3. The molecule has 0 aliphatic rings. The predicted molar refractivity (Wildman–Crippen MR) is 101 cm³/mol. The number of amides is 1. The van der Waals surface area contributed by atoms with E-state index in [9.17, 15) is 4.79 Å². The van der Waals surface area contributed by atoms with E-state index in [4.69, 9.17) is 21.7 Å². The highest BCUT2D eigenvalue weighted by atomic mass is 32.1. The van der Waals surface area contributed by atoms with Crippen LogP contribution in [0.3, 0.4) is 0 Å². The molecule has 0 bridgehead atoms. The molecule has 2 aromatic carbocycles. The average Bonchev–Trinajstić information content (AvgIpc) is 3.03. The van der Waals surface area contributed by atoms with Crippen LogP contribution < -0.4 is 14.8 Å². The number of carbonyl (C=O) groups is 1. The fraction of sp³-hybridized carbons (Fsp3) is 0.167. The number of aromatic amines is 1. The van der Waals surface area contributed by atoms with E-state index in [-0.39, 0.29) is 12.5 Å². The molecule has 2 N–H and O–H groups in total. The Kier molecular flexibility index (Phi) is 5.33. The van der Waals surface area contributed by atoms with Gasteiger partial charge in [0, 0.05) is 11.3 Å². The molecule has 134 valence electrons. The summed E-state index contributed by atoms with van der Waals surface area (Å²) in [4.78, 5) is 12.4. The summed E-state index contributed by atoms with van der Waals surface area (Å²) in [5.74, 6) is 1.85. The van der Waals surface area contributed by atoms with Crippen molar-refractivity contribution in [3.63, 3.8) is 0 Å². The van der Waals surface area contributed by atoms with Gasteiger partial charge in [0.2, 0.25) is 5.91 Å². The highest BCUT2D eigenvalue weighted by Gasteiger charge is 2.13. The van der Waals surface area contributed by atoms with Gasteiger partial charge in [0.25, 0.3) is 0 Å². The molecule has 0 spiro atoms. The third kappa shape index (κ3) is 3.92. The SMILES string of the molecule is COc1ccc(NC(=O)Cn2c(-c3ccc(OC)cc3)n[nH]c2=S)cc1. The Hall–Kier alpha value is -3.13. The van der Waals surface area contributed by atoms with Crippen LogP contribution in [0.25, 0.3) is 11.4 Å². The first-order valence-corrected chi connectivity index (χ1v) is 8.25. The molecule has 0 aliphatic carbocycles. The number of ether oxygens (including phenoxy) is 2. The highest BCUT2D eigenvalue weighted by Crippen LogP contribution is 2.21. The Balaban J connectivity index is 1.77. The number of nitrogens with one attached hydrogen (secondary N) is 2. The minimum absolute atomic E-state index is 0.0444. The highest BCUT2D eigenvalue weighted by molar-refractivity contribution is 7.71. The number of anilines is 1. The summed E-state index contributed by atoms with van der Waals surface area (Å²) in [7, 11) is 3.20. The smallest absolute Gasteiger partial charge is 0.244 e. The molecule has 3 aromatic rings. The topological polar surface area (TPSA) is 81.2 Å². The van der Waals surface area contributed by atoms with Crippen LogP contribution in [0.4, 0.5) is 5.69 Å². The van der Waals surface area contributed by atoms with Crippen molar-refractivity contribution in [3.05, 3.63) is 53.3 Å². The van der Waals surface area contributed by atoms with Gasteiger partial charge < -0.3 is 14.8 Å². The van der Waals surface area contributed by atoms with Crippen molar-refractivity contribution in [2.75, 3.05) is 19.5 Å². The number of benzene rings is 2. The lowest BCUT2D eigenvalue weighted by molar-refractivity contribution is -0.116. The molecule has 3 rings (SSSR count). The van der Waals surface area contributed by atoms with Gasteiger partial charge in [0.1, 0.15) is 18.0 Å². The molecule has 1 aromatic heterocycles. The van der Waals surface area contributed by atoms with Gasteiger partial charge in [-0.1, -0.05) is 0 Å². The van der Waals surface area contributed by atoms with Gasteiger partial charge in [-0.2, -0.15) is 5.10 Å². The van der Waals surface area contributed by atoms with E-state index in [1.54, 1.807) is 43.1 Å². The Labute approximate surface area is 155 Å². The zero-order chi connectivity index (χ0) is 18.5. The third-order valence-corrected chi connectivity index (χ3v) is 4.09. The lowest BCUT2D eigenvalue weighted by Gasteiger charge is -2.09. The molecule has 0 radical (unpaired) electrons. The van der Waals surface area contributed by atoms with Crippen LogP contribution in [-0.4, -0.2) is 34.9 Å². The van der Waals surface area contributed by atoms with E-state index in [0.717, 1.165) is 17.1 Å².